The summed E-state index contributed by atoms with van der Waals surface area (Å²) in [4.78, 5) is 23.9. The molecule has 3 aromatic rings. The smallest absolute Gasteiger partial charge is 0.276 e. The fourth-order valence-corrected chi connectivity index (χ4v) is 3.00. The van der Waals surface area contributed by atoms with Gasteiger partial charge in [0.1, 0.15) is 5.75 Å². The lowest BCUT2D eigenvalue weighted by atomic mass is 10.1. The van der Waals surface area contributed by atoms with E-state index >= 15 is 0 Å². The van der Waals surface area contributed by atoms with Crippen LogP contribution in [0.1, 0.15) is 15.9 Å². The van der Waals surface area contributed by atoms with E-state index in [2.05, 4.69) is 26.8 Å². The van der Waals surface area contributed by atoms with E-state index in [-0.39, 0.29) is 12.5 Å². The van der Waals surface area contributed by atoms with Crippen LogP contribution in [0.2, 0.25) is 0 Å². The van der Waals surface area contributed by atoms with E-state index < -0.39 is 5.91 Å². The summed E-state index contributed by atoms with van der Waals surface area (Å²) in [6, 6.07) is 22.7. The van der Waals surface area contributed by atoms with E-state index in [9.17, 15) is 9.59 Å². The van der Waals surface area contributed by atoms with Crippen LogP contribution in [0.3, 0.4) is 0 Å². The summed E-state index contributed by atoms with van der Waals surface area (Å²) in [5, 5.41) is 0. The first kappa shape index (κ1) is 19.6. The Bertz CT molecular complexity index is 973. The zero-order valence-corrected chi connectivity index (χ0v) is 16.8. The molecule has 2 N–H and O–H groups in total. The van der Waals surface area contributed by atoms with Gasteiger partial charge in [-0.1, -0.05) is 54.1 Å². The maximum Gasteiger partial charge on any atom is 0.276 e. The zero-order valence-electron chi connectivity index (χ0n) is 15.2. The Kier molecular flexibility index (Phi) is 6.45. The van der Waals surface area contributed by atoms with Crippen molar-refractivity contribution in [2.24, 2.45) is 0 Å². The normalized spacial score (nSPS) is 10.2. The first-order chi connectivity index (χ1) is 13.5. The Labute approximate surface area is 171 Å². The van der Waals surface area contributed by atoms with Gasteiger partial charge in [0.15, 0.2) is 6.61 Å². The topological polar surface area (TPSA) is 67.4 Å². The third kappa shape index (κ3) is 5.20. The molecule has 0 aliphatic carbocycles. The highest BCUT2D eigenvalue weighted by atomic mass is 79.9. The maximum atomic E-state index is 12.0. The highest BCUT2D eigenvalue weighted by molar-refractivity contribution is 9.10. The molecule has 0 aromatic heterocycles. The molecule has 0 unspecified atom stereocenters. The molecule has 0 heterocycles. The Morgan fingerprint density at radius 3 is 2.29 bits per heavy atom. The predicted octanol–water partition coefficient (Wildman–Crippen LogP) is 4.26. The van der Waals surface area contributed by atoms with Gasteiger partial charge in [-0.3, -0.25) is 20.4 Å². The summed E-state index contributed by atoms with van der Waals surface area (Å²) in [5.74, 6) is -0.305. The van der Waals surface area contributed by atoms with E-state index in [4.69, 9.17) is 4.74 Å². The van der Waals surface area contributed by atoms with Gasteiger partial charge in [-0.05, 0) is 58.2 Å². The second-order valence-corrected chi connectivity index (χ2v) is 7.02. The Morgan fingerprint density at radius 2 is 1.61 bits per heavy atom. The number of ether oxygens (including phenoxy) is 1. The monoisotopic (exact) mass is 438 g/mol. The van der Waals surface area contributed by atoms with Crippen molar-refractivity contribution in [3.8, 4) is 16.9 Å². The summed E-state index contributed by atoms with van der Waals surface area (Å²) in [6.07, 6.45) is 0. The molecule has 28 heavy (non-hydrogen) atoms. The molecule has 142 valence electrons. The van der Waals surface area contributed by atoms with Crippen LogP contribution in [-0.2, 0) is 4.79 Å². The van der Waals surface area contributed by atoms with Gasteiger partial charge >= 0.3 is 0 Å². The lowest BCUT2D eigenvalue weighted by Gasteiger charge is -2.11. The largest absolute Gasteiger partial charge is 0.483 e. The highest BCUT2D eigenvalue weighted by Crippen LogP contribution is 2.30. The summed E-state index contributed by atoms with van der Waals surface area (Å²) < 4.78 is 6.27. The number of nitrogens with one attached hydrogen (secondary N) is 2. The average Bonchev–Trinajstić information content (AvgIpc) is 2.72. The lowest BCUT2D eigenvalue weighted by molar-refractivity contribution is -0.123. The van der Waals surface area contributed by atoms with Crippen LogP contribution >= 0.6 is 15.9 Å². The van der Waals surface area contributed by atoms with Gasteiger partial charge in [-0.2, -0.15) is 0 Å². The van der Waals surface area contributed by atoms with Crippen molar-refractivity contribution < 1.29 is 14.3 Å². The minimum Gasteiger partial charge on any atom is -0.483 e. The summed E-state index contributed by atoms with van der Waals surface area (Å²) in [5.41, 5.74) is 8.36. The number of carbonyl (C=O) groups excluding carboxylic acids is 2. The molecule has 3 rings (SSSR count). The molecule has 5 nitrogen and oxygen atoms in total. The van der Waals surface area contributed by atoms with Crippen molar-refractivity contribution in [3.63, 3.8) is 0 Å². The van der Waals surface area contributed by atoms with Gasteiger partial charge < -0.3 is 4.74 Å². The number of hydrogen-bond acceptors (Lipinski definition) is 3. The van der Waals surface area contributed by atoms with Crippen molar-refractivity contribution in [1.29, 1.82) is 0 Å². The summed E-state index contributed by atoms with van der Waals surface area (Å²) >= 11 is 3.47. The van der Waals surface area contributed by atoms with Crippen LogP contribution in [0.25, 0.3) is 11.1 Å². The van der Waals surface area contributed by atoms with E-state index in [0.717, 1.165) is 21.2 Å². The summed E-state index contributed by atoms with van der Waals surface area (Å²) in [6.45, 7) is 1.71. The number of hydrazine groups is 1. The predicted molar refractivity (Wildman–Crippen MR) is 112 cm³/mol. The molecule has 6 heteroatoms. The van der Waals surface area contributed by atoms with Gasteiger partial charge in [0.05, 0.1) is 4.47 Å². The molecular weight excluding hydrogens is 420 g/mol. The molecule has 0 radical (unpaired) electrons. The maximum absolute atomic E-state index is 12.0. The summed E-state index contributed by atoms with van der Waals surface area (Å²) in [7, 11) is 0. The van der Waals surface area contributed by atoms with Crippen molar-refractivity contribution >= 4 is 27.7 Å². The molecule has 0 saturated heterocycles. The molecule has 2 amide bonds. The molecule has 0 aliphatic rings. The van der Waals surface area contributed by atoms with Crippen molar-refractivity contribution in [2.75, 3.05) is 6.61 Å². The van der Waals surface area contributed by atoms with Crippen molar-refractivity contribution in [1.82, 2.24) is 10.9 Å². The minimum absolute atomic E-state index is 0.225. The third-order valence-corrected chi connectivity index (χ3v) is 4.65. The quantitative estimate of drug-likeness (QED) is 0.584. The molecule has 0 fully saturated rings. The van der Waals surface area contributed by atoms with Gasteiger partial charge in [0, 0.05) is 5.56 Å². The van der Waals surface area contributed by atoms with Crippen LogP contribution in [0.4, 0.5) is 0 Å². The standard InChI is InChI=1S/C22H19BrN2O3/c1-15-7-9-17(10-8-15)22(27)25-24-21(26)14-28-20-12-11-18(13-19(20)23)16-5-3-2-4-6-16/h2-13H,14H2,1H3,(H,24,26)(H,25,27). The number of amides is 2. The van der Waals surface area contributed by atoms with E-state index in [1.165, 1.54) is 0 Å². The molecule has 0 saturated carbocycles. The van der Waals surface area contributed by atoms with Crippen molar-refractivity contribution in [3.05, 3.63) is 88.4 Å². The molecule has 0 atom stereocenters. The fraction of sp³-hybridized carbons (Fsp3) is 0.0909. The first-order valence-electron chi connectivity index (χ1n) is 8.66. The fourth-order valence-electron chi connectivity index (χ4n) is 2.51. The van der Waals surface area contributed by atoms with E-state index in [1.807, 2.05) is 61.5 Å². The minimum atomic E-state index is -0.459. The van der Waals surface area contributed by atoms with E-state index in [0.29, 0.717) is 11.3 Å². The van der Waals surface area contributed by atoms with Gasteiger partial charge in [-0.25, -0.2) is 0 Å². The van der Waals surface area contributed by atoms with Crippen LogP contribution in [0.5, 0.6) is 5.75 Å². The van der Waals surface area contributed by atoms with Crippen LogP contribution in [0, 0.1) is 6.92 Å². The highest BCUT2D eigenvalue weighted by Gasteiger charge is 2.10. The van der Waals surface area contributed by atoms with Gasteiger partial charge in [-0.15, -0.1) is 0 Å². The van der Waals surface area contributed by atoms with Crippen LogP contribution < -0.4 is 15.6 Å². The molecular formula is C22H19BrN2O3. The third-order valence-electron chi connectivity index (χ3n) is 4.03. The second kappa shape index (κ2) is 9.19. The van der Waals surface area contributed by atoms with E-state index in [1.54, 1.807) is 18.2 Å². The number of hydrogen-bond donors (Lipinski definition) is 2. The first-order valence-corrected chi connectivity index (χ1v) is 9.46. The van der Waals surface area contributed by atoms with Crippen LogP contribution in [-0.4, -0.2) is 18.4 Å². The Balaban J connectivity index is 1.51. The van der Waals surface area contributed by atoms with Crippen LogP contribution in [0.15, 0.2) is 77.3 Å². The number of aryl methyl sites for hydroxylation is 1. The Morgan fingerprint density at radius 1 is 0.893 bits per heavy atom. The Hall–Kier alpha value is -3.12. The number of halogens is 1. The second-order valence-electron chi connectivity index (χ2n) is 6.17. The SMILES string of the molecule is Cc1ccc(C(=O)NNC(=O)COc2ccc(-c3ccccc3)cc2Br)cc1. The zero-order chi connectivity index (χ0) is 19.9. The molecule has 0 bridgehead atoms. The average molecular weight is 439 g/mol. The molecule has 3 aromatic carbocycles. The van der Waals surface area contributed by atoms with Gasteiger partial charge in [0.2, 0.25) is 0 Å². The number of benzene rings is 3. The number of rotatable bonds is 5. The molecule has 0 spiro atoms. The lowest BCUT2D eigenvalue weighted by Crippen LogP contribution is -2.43. The number of carbonyl (C=O) groups is 2. The van der Waals surface area contributed by atoms with Gasteiger partial charge in [0.25, 0.3) is 11.8 Å². The molecule has 0 aliphatic heterocycles. The van der Waals surface area contributed by atoms with Crippen molar-refractivity contribution in [2.45, 2.75) is 6.92 Å².